The molecule has 0 aromatic heterocycles. The Labute approximate surface area is 222 Å². The summed E-state index contributed by atoms with van der Waals surface area (Å²) in [5, 5.41) is 7.00. The van der Waals surface area contributed by atoms with E-state index in [1.165, 1.54) is 27.9 Å². The normalized spacial score (nSPS) is 13.2. The third-order valence-electron chi connectivity index (χ3n) is 4.85. The summed E-state index contributed by atoms with van der Waals surface area (Å²) in [5.41, 5.74) is 7.08. The molecule has 0 spiro atoms. The number of aliphatic hydroxyl groups excluding tert-OH is 1. The first-order valence-electron chi connectivity index (χ1n) is 9.75. The van der Waals surface area contributed by atoms with Crippen molar-refractivity contribution in [3.8, 4) is 0 Å². The second kappa shape index (κ2) is 21.3. The quantitative estimate of drug-likeness (QED) is 0.387. The minimum Gasteiger partial charge on any atom is -1.00 e. The van der Waals surface area contributed by atoms with E-state index in [9.17, 15) is 0 Å². The van der Waals surface area contributed by atoms with Gasteiger partial charge in [0.1, 0.15) is 0 Å². The smallest absolute Gasteiger partial charge is 1.00 e. The van der Waals surface area contributed by atoms with Gasteiger partial charge in [-0.15, -0.1) is 41.5 Å². The van der Waals surface area contributed by atoms with Crippen LogP contribution in [-0.4, -0.2) is 12.2 Å². The van der Waals surface area contributed by atoms with Crippen LogP contribution in [0.3, 0.4) is 0 Å². The van der Waals surface area contributed by atoms with E-state index in [4.69, 9.17) is 5.11 Å². The standard InChI is InChI=1S/C15H17.2C6H5.CH4O.2ClH.Ti/c1-10-11(2)13(4)15(12(10)3)14-8-6-5-7-9-14;2*1-2-4-6-5-3-1;1-2;;;/h5-8,12H,1-4H3;2*1-5H;2H,1H3;2*1H;/q3*-1;;;;+2/p-2. The van der Waals surface area contributed by atoms with Crippen LogP contribution in [0.2, 0.25) is 0 Å². The zero-order valence-electron chi connectivity index (χ0n) is 19.4. The van der Waals surface area contributed by atoms with E-state index in [2.05, 4.69) is 58.0 Å². The number of aliphatic hydroxyl groups is 1. The van der Waals surface area contributed by atoms with Crippen LogP contribution >= 0.6 is 0 Å². The van der Waals surface area contributed by atoms with Gasteiger partial charge in [0.05, 0.1) is 0 Å². The summed E-state index contributed by atoms with van der Waals surface area (Å²) in [6.07, 6.45) is 0. The summed E-state index contributed by atoms with van der Waals surface area (Å²) in [6, 6.07) is 36.6. The van der Waals surface area contributed by atoms with E-state index in [1.807, 2.05) is 72.8 Å². The molecule has 1 aliphatic carbocycles. The number of allylic oxidation sites excluding steroid dienone is 4. The molecule has 0 amide bonds. The Bertz CT molecular complexity index is 779. The Kier molecular flexibility index (Phi) is 23.2. The van der Waals surface area contributed by atoms with E-state index in [0.29, 0.717) is 5.92 Å². The van der Waals surface area contributed by atoms with Crippen molar-refractivity contribution in [1.29, 1.82) is 0 Å². The van der Waals surface area contributed by atoms with Crippen LogP contribution in [0, 0.1) is 24.1 Å². The van der Waals surface area contributed by atoms with Crippen molar-refractivity contribution in [2.24, 2.45) is 5.92 Å². The minimum absolute atomic E-state index is 0. The van der Waals surface area contributed by atoms with E-state index < -0.39 is 0 Å². The monoisotopic (exact) mass is 501 g/mol. The average Bonchev–Trinajstić information content (AvgIpc) is 3.01. The molecule has 1 N–H and O–H groups in total. The van der Waals surface area contributed by atoms with Crippen LogP contribution < -0.4 is 24.8 Å². The molecule has 4 heteroatoms. The molecule has 0 aliphatic heterocycles. The van der Waals surface area contributed by atoms with Crippen LogP contribution in [0.1, 0.15) is 33.3 Å². The van der Waals surface area contributed by atoms with E-state index in [1.54, 1.807) is 0 Å². The zero-order chi connectivity index (χ0) is 21.5. The van der Waals surface area contributed by atoms with Crippen LogP contribution in [0.25, 0.3) is 5.57 Å². The molecule has 0 heterocycles. The summed E-state index contributed by atoms with van der Waals surface area (Å²) < 4.78 is 0. The summed E-state index contributed by atoms with van der Waals surface area (Å²) in [6.45, 7) is 8.96. The third-order valence-corrected chi connectivity index (χ3v) is 4.85. The average molecular weight is 502 g/mol. The maximum absolute atomic E-state index is 7.00. The fourth-order valence-corrected chi connectivity index (χ4v) is 3.04. The van der Waals surface area contributed by atoms with Crippen LogP contribution in [-0.2, 0) is 21.7 Å². The Morgan fingerprint density at radius 1 is 0.656 bits per heavy atom. The number of rotatable bonds is 1. The van der Waals surface area contributed by atoms with Crippen molar-refractivity contribution < 1.29 is 51.6 Å². The molecule has 170 valence electrons. The molecule has 1 atom stereocenters. The molecule has 3 aromatic rings. The maximum Gasteiger partial charge on any atom is 2.00 e. The van der Waals surface area contributed by atoms with Gasteiger partial charge in [-0.05, 0) is 26.7 Å². The fraction of sp³-hybridized carbons (Fsp3) is 0.214. The predicted octanol–water partition coefficient (Wildman–Crippen LogP) is 0.834. The molecule has 0 bridgehead atoms. The predicted molar refractivity (Wildman–Crippen MR) is 124 cm³/mol. The minimum atomic E-state index is 0. The van der Waals surface area contributed by atoms with E-state index >= 15 is 0 Å². The molecule has 0 radical (unpaired) electrons. The number of halogens is 2. The van der Waals surface area contributed by atoms with Gasteiger partial charge in [0, 0.05) is 7.11 Å². The molecule has 0 saturated carbocycles. The van der Waals surface area contributed by atoms with Gasteiger partial charge in [0.25, 0.3) is 0 Å². The Balaban J connectivity index is -0.000000416. The molecular formula is C28H31Cl2OTi-3. The van der Waals surface area contributed by atoms with Crippen LogP contribution in [0.4, 0.5) is 0 Å². The molecule has 1 unspecified atom stereocenters. The summed E-state index contributed by atoms with van der Waals surface area (Å²) in [4.78, 5) is 0. The first kappa shape index (κ1) is 35.0. The summed E-state index contributed by atoms with van der Waals surface area (Å²) in [5.74, 6) is 0.545. The third kappa shape index (κ3) is 11.9. The Hall–Kier alpha value is -1.61. The maximum atomic E-state index is 7.00. The Morgan fingerprint density at radius 3 is 1.34 bits per heavy atom. The van der Waals surface area contributed by atoms with Gasteiger partial charge in [-0.2, -0.15) is 72.8 Å². The van der Waals surface area contributed by atoms with Crippen molar-refractivity contribution in [2.45, 2.75) is 27.7 Å². The number of hydrogen-bond acceptors (Lipinski definition) is 1. The van der Waals surface area contributed by atoms with Crippen LogP contribution in [0.5, 0.6) is 0 Å². The molecule has 32 heavy (non-hydrogen) atoms. The summed E-state index contributed by atoms with van der Waals surface area (Å²) >= 11 is 0. The second-order valence-corrected chi connectivity index (χ2v) is 6.50. The SMILES string of the molecule is CC1=C(C)C(C)C(c2[c-]cccc2)=C1C.CO.[Cl-].[Cl-].[Ti+2].[c-]1ccccc1.[c-]1ccccc1. The molecular weight excluding hydrogens is 471 g/mol. The zero-order valence-corrected chi connectivity index (χ0v) is 22.4. The van der Waals surface area contributed by atoms with E-state index in [0.717, 1.165) is 7.11 Å². The van der Waals surface area contributed by atoms with E-state index in [-0.39, 0.29) is 46.5 Å². The van der Waals surface area contributed by atoms with Crippen molar-refractivity contribution in [3.63, 3.8) is 0 Å². The molecule has 3 aromatic carbocycles. The molecule has 1 aliphatic rings. The fourth-order valence-electron chi connectivity index (χ4n) is 3.04. The molecule has 1 nitrogen and oxygen atoms in total. The van der Waals surface area contributed by atoms with Gasteiger partial charge in [-0.3, -0.25) is 0 Å². The van der Waals surface area contributed by atoms with Gasteiger partial charge in [0.15, 0.2) is 0 Å². The van der Waals surface area contributed by atoms with Gasteiger partial charge >= 0.3 is 21.7 Å². The molecule has 4 rings (SSSR count). The first-order valence-corrected chi connectivity index (χ1v) is 9.75. The second-order valence-electron chi connectivity index (χ2n) is 6.50. The van der Waals surface area contributed by atoms with Gasteiger partial charge in [-0.1, -0.05) is 23.6 Å². The largest absolute Gasteiger partial charge is 2.00 e. The number of benzene rings is 3. The molecule has 0 fully saturated rings. The van der Waals surface area contributed by atoms with Crippen molar-refractivity contribution >= 4 is 5.57 Å². The summed E-state index contributed by atoms with van der Waals surface area (Å²) in [7, 11) is 1.00. The number of hydrogen-bond donors (Lipinski definition) is 1. The van der Waals surface area contributed by atoms with Gasteiger partial charge in [0.2, 0.25) is 0 Å². The topological polar surface area (TPSA) is 20.2 Å². The van der Waals surface area contributed by atoms with Gasteiger partial charge < -0.3 is 29.9 Å². The van der Waals surface area contributed by atoms with Crippen molar-refractivity contribution in [2.75, 3.05) is 7.11 Å². The van der Waals surface area contributed by atoms with Crippen LogP contribution in [0.15, 0.2) is 102 Å². The van der Waals surface area contributed by atoms with Crippen molar-refractivity contribution in [1.82, 2.24) is 0 Å². The molecule has 0 saturated heterocycles. The first-order chi connectivity index (χ1) is 14.1. The van der Waals surface area contributed by atoms with Gasteiger partial charge in [-0.25, -0.2) is 0 Å². The van der Waals surface area contributed by atoms with Crippen molar-refractivity contribution in [3.05, 3.63) is 125 Å². The Morgan fingerprint density at radius 2 is 1.09 bits per heavy atom.